The zero-order valence-electron chi connectivity index (χ0n) is 14.6. The highest BCUT2D eigenvalue weighted by Gasteiger charge is 2.15. The molecule has 4 heteroatoms. The smallest absolute Gasteiger partial charge is 0.338 e. The summed E-state index contributed by atoms with van der Waals surface area (Å²) in [6.07, 6.45) is 0. The summed E-state index contributed by atoms with van der Waals surface area (Å²) in [7, 11) is 0. The second-order valence-corrected chi connectivity index (χ2v) is 6.82. The maximum atomic E-state index is 12.0. The number of hydrogen-bond donors (Lipinski definition) is 1. The lowest BCUT2D eigenvalue weighted by molar-refractivity contribution is -0.119. The van der Waals surface area contributed by atoms with Crippen molar-refractivity contribution in [3.8, 4) is 0 Å². The summed E-state index contributed by atoms with van der Waals surface area (Å²) in [4.78, 5) is 23.9. The molecule has 0 aliphatic rings. The largest absolute Gasteiger partial charge is 0.452 e. The van der Waals surface area contributed by atoms with Crippen molar-refractivity contribution in [1.82, 2.24) is 0 Å². The quantitative estimate of drug-likeness (QED) is 0.862. The van der Waals surface area contributed by atoms with E-state index < -0.39 is 5.97 Å². The standard InChI is InChI=1S/C20H23NO3/c1-14-6-5-7-17(12-14)21-18(22)13-24-19(23)15-8-10-16(11-9-15)20(2,3)4/h5-12H,13H2,1-4H3,(H,21,22). The average molecular weight is 325 g/mol. The van der Waals surface area contributed by atoms with Crippen LogP contribution in [0, 0.1) is 6.92 Å². The number of carbonyl (C=O) groups excluding carboxylic acids is 2. The summed E-state index contributed by atoms with van der Waals surface area (Å²) in [5.74, 6) is -0.866. The lowest BCUT2D eigenvalue weighted by atomic mass is 9.87. The van der Waals surface area contributed by atoms with Gasteiger partial charge in [-0.2, -0.15) is 0 Å². The Balaban J connectivity index is 1.89. The second-order valence-electron chi connectivity index (χ2n) is 6.82. The molecule has 0 aliphatic heterocycles. The highest BCUT2D eigenvalue weighted by atomic mass is 16.5. The van der Waals surface area contributed by atoms with Gasteiger partial charge >= 0.3 is 5.97 Å². The summed E-state index contributed by atoms with van der Waals surface area (Å²) in [6, 6.07) is 14.7. The number of nitrogens with one attached hydrogen (secondary N) is 1. The van der Waals surface area contributed by atoms with Gasteiger partial charge in [0.2, 0.25) is 0 Å². The summed E-state index contributed by atoms with van der Waals surface area (Å²) >= 11 is 0. The van der Waals surface area contributed by atoms with Gasteiger partial charge in [-0.15, -0.1) is 0 Å². The van der Waals surface area contributed by atoms with Gasteiger partial charge in [0.25, 0.3) is 5.91 Å². The first kappa shape index (κ1) is 17.7. The van der Waals surface area contributed by atoms with E-state index in [2.05, 4.69) is 26.1 Å². The van der Waals surface area contributed by atoms with Crippen LogP contribution >= 0.6 is 0 Å². The number of aryl methyl sites for hydroxylation is 1. The van der Waals surface area contributed by atoms with Crippen LogP contribution in [0.15, 0.2) is 48.5 Å². The summed E-state index contributed by atoms with van der Waals surface area (Å²) < 4.78 is 5.07. The molecule has 24 heavy (non-hydrogen) atoms. The minimum atomic E-state index is -0.505. The van der Waals surface area contributed by atoms with E-state index in [9.17, 15) is 9.59 Å². The number of esters is 1. The molecular weight excluding hydrogens is 302 g/mol. The third-order valence-electron chi connectivity index (χ3n) is 3.62. The topological polar surface area (TPSA) is 55.4 Å². The molecule has 0 unspecified atom stereocenters. The molecule has 1 amide bonds. The van der Waals surface area contributed by atoms with Crippen LogP contribution in [0.25, 0.3) is 0 Å². The molecule has 0 bridgehead atoms. The minimum Gasteiger partial charge on any atom is -0.452 e. The number of ether oxygens (including phenoxy) is 1. The fraction of sp³-hybridized carbons (Fsp3) is 0.300. The van der Waals surface area contributed by atoms with Gasteiger partial charge in [0, 0.05) is 5.69 Å². The van der Waals surface area contributed by atoms with Gasteiger partial charge in [0.05, 0.1) is 5.56 Å². The number of benzene rings is 2. The predicted octanol–water partition coefficient (Wildman–Crippen LogP) is 4.09. The molecule has 0 saturated heterocycles. The molecule has 0 radical (unpaired) electrons. The third-order valence-corrected chi connectivity index (χ3v) is 3.62. The van der Waals surface area contributed by atoms with Crippen molar-refractivity contribution in [2.24, 2.45) is 0 Å². The fourth-order valence-electron chi connectivity index (χ4n) is 2.24. The zero-order valence-corrected chi connectivity index (χ0v) is 14.6. The van der Waals surface area contributed by atoms with E-state index >= 15 is 0 Å². The SMILES string of the molecule is Cc1cccc(NC(=O)COC(=O)c2ccc(C(C)(C)C)cc2)c1. The molecule has 2 rings (SSSR count). The molecule has 0 aromatic heterocycles. The molecular formula is C20H23NO3. The Morgan fingerprint density at radius 2 is 1.71 bits per heavy atom. The van der Waals surface area contributed by atoms with Gasteiger partial charge in [-0.3, -0.25) is 4.79 Å². The molecule has 0 fully saturated rings. The van der Waals surface area contributed by atoms with Gasteiger partial charge in [0.15, 0.2) is 6.61 Å². The van der Waals surface area contributed by atoms with Crippen LogP contribution in [-0.2, 0) is 14.9 Å². The van der Waals surface area contributed by atoms with Crippen LogP contribution in [-0.4, -0.2) is 18.5 Å². The molecule has 126 valence electrons. The van der Waals surface area contributed by atoms with Crippen LogP contribution in [0.4, 0.5) is 5.69 Å². The monoisotopic (exact) mass is 325 g/mol. The van der Waals surface area contributed by atoms with E-state index in [0.717, 1.165) is 11.1 Å². The van der Waals surface area contributed by atoms with Crippen molar-refractivity contribution in [2.75, 3.05) is 11.9 Å². The Bertz CT molecular complexity index is 727. The fourth-order valence-corrected chi connectivity index (χ4v) is 2.24. The number of anilines is 1. The van der Waals surface area contributed by atoms with Gasteiger partial charge < -0.3 is 10.1 Å². The third kappa shape index (κ3) is 4.95. The number of rotatable bonds is 4. The highest BCUT2D eigenvalue weighted by Crippen LogP contribution is 2.22. The van der Waals surface area contributed by atoms with E-state index in [1.165, 1.54) is 0 Å². The Kier molecular flexibility index (Phi) is 5.39. The van der Waals surface area contributed by atoms with Crippen molar-refractivity contribution in [1.29, 1.82) is 0 Å². The summed E-state index contributed by atoms with van der Waals surface area (Å²) in [6.45, 7) is 7.95. The minimum absolute atomic E-state index is 0.0239. The molecule has 0 saturated carbocycles. The highest BCUT2D eigenvalue weighted by molar-refractivity contribution is 5.95. The molecule has 4 nitrogen and oxygen atoms in total. The van der Waals surface area contributed by atoms with E-state index in [1.54, 1.807) is 18.2 Å². The maximum Gasteiger partial charge on any atom is 0.338 e. The first-order chi connectivity index (χ1) is 11.3. The molecule has 0 aliphatic carbocycles. The van der Waals surface area contributed by atoms with E-state index in [4.69, 9.17) is 4.74 Å². The van der Waals surface area contributed by atoms with Gasteiger partial charge in [-0.05, 0) is 47.7 Å². The molecule has 0 spiro atoms. The van der Waals surface area contributed by atoms with Crippen molar-refractivity contribution >= 4 is 17.6 Å². The Hall–Kier alpha value is -2.62. The van der Waals surface area contributed by atoms with E-state index in [1.807, 2.05) is 37.3 Å². The lowest BCUT2D eigenvalue weighted by Crippen LogP contribution is -2.21. The first-order valence-corrected chi connectivity index (χ1v) is 7.90. The van der Waals surface area contributed by atoms with Crippen LogP contribution in [0.1, 0.15) is 42.3 Å². The number of hydrogen-bond acceptors (Lipinski definition) is 3. The zero-order chi connectivity index (χ0) is 17.7. The first-order valence-electron chi connectivity index (χ1n) is 7.90. The lowest BCUT2D eigenvalue weighted by Gasteiger charge is -2.18. The molecule has 0 heterocycles. The Morgan fingerprint density at radius 3 is 2.29 bits per heavy atom. The van der Waals surface area contributed by atoms with E-state index in [-0.39, 0.29) is 17.9 Å². The average Bonchev–Trinajstić information content (AvgIpc) is 2.52. The van der Waals surface area contributed by atoms with Crippen molar-refractivity contribution in [3.63, 3.8) is 0 Å². The second kappa shape index (κ2) is 7.30. The van der Waals surface area contributed by atoms with Crippen LogP contribution in [0.3, 0.4) is 0 Å². The summed E-state index contributed by atoms with van der Waals surface area (Å²) in [5.41, 5.74) is 3.33. The number of carbonyl (C=O) groups is 2. The van der Waals surface area contributed by atoms with Crippen molar-refractivity contribution in [3.05, 3.63) is 65.2 Å². The van der Waals surface area contributed by atoms with Crippen molar-refractivity contribution in [2.45, 2.75) is 33.1 Å². The molecule has 2 aromatic carbocycles. The number of amides is 1. The Morgan fingerprint density at radius 1 is 1.04 bits per heavy atom. The van der Waals surface area contributed by atoms with Crippen LogP contribution in [0.2, 0.25) is 0 Å². The van der Waals surface area contributed by atoms with Gasteiger partial charge in [-0.1, -0.05) is 45.0 Å². The molecule has 2 aromatic rings. The Labute approximate surface area is 142 Å². The normalized spacial score (nSPS) is 11.0. The van der Waals surface area contributed by atoms with Crippen LogP contribution in [0.5, 0.6) is 0 Å². The molecule has 1 N–H and O–H groups in total. The summed E-state index contributed by atoms with van der Waals surface area (Å²) in [5, 5.41) is 2.70. The predicted molar refractivity (Wildman–Crippen MR) is 95.2 cm³/mol. The van der Waals surface area contributed by atoms with Crippen molar-refractivity contribution < 1.29 is 14.3 Å². The molecule has 0 atom stereocenters. The van der Waals surface area contributed by atoms with E-state index in [0.29, 0.717) is 11.3 Å². The van der Waals surface area contributed by atoms with Gasteiger partial charge in [-0.25, -0.2) is 4.79 Å². The maximum absolute atomic E-state index is 12.0. The van der Waals surface area contributed by atoms with Crippen LogP contribution < -0.4 is 5.32 Å². The van der Waals surface area contributed by atoms with Gasteiger partial charge in [0.1, 0.15) is 0 Å².